The fourth-order valence-corrected chi connectivity index (χ4v) is 2.41. The normalized spacial score (nSPS) is 10.9. The predicted octanol–water partition coefficient (Wildman–Crippen LogP) is 3.25. The molecule has 0 spiro atoms. The van der Waals surface area contributed by atoms with E-state index in [1.165, 1.54) is 17.1 Å². The van der Waals surface area contributed by atoms with Gasteiger partial charge in [0.1, 0.15) is 23.3 Å². The van der Waals surface area contributed by atoms with Crippen LogP contribution in [0.15, 0.2) is 36.7 Å². The largest absolute Gasteiger partial charge is 0.478 e. The van der Waals surface area contributed by atoms with E-state index in [4.69, 9.17) is 5.11 Å². The number of halogens is 4. The van der Waals surface area contributed by atoms with Crippen LogP contribution in [0.25, 0.3) is 11.1 Å². The van der Waals surface area contributed by atoms with Gasteiger partial charge in [-0.2, -0.15) is 0 Å². The molecule has 128 valence electrons. The van der Waals surface area contributed by atoms with Crippen molar-refractivity contribution in [1.82, 2.24) is 15.0 Å². The van der Waals surface area contributed by atoms with Crippen molar-refractivity contribution in [3.05, 3.63) is 71.1 Å². The molecule has 0 aliphatic heterocycles. The fraction of sp³-hybridized carbons (Fsp3) is 0.0625. The van der Waals surface area contributed by atoms with Gasteiger partial charge in [-0.25, -0.2) is 27.0 Å². The maximum Gasteiger partial charge on any atom is 0.338 e. The van der Waals surface area contributed by atoms with Gasteiger partial charge < -0.3 is 5.11 Å². The van der Waals surface area contributed by atoms with E-state index < -0.39 is 45.9 Å². The van der Waals surface area contributed by atoms with E-state index in [-0.39, 0.29) is 12.1 Å². The predicted molar refractivity (Wildman–Crippen MR) is 77.8 cm³/mol. The standard InChI is InChI=1S/C16H9F4N3O2/c17-10-2-1-9(16(24)25)15(20)14(10)13-11(18)5-8(6-12(13)19)7-23-4-3-21-22-23/h1-6H,7H2,(H,24,25). The van der Waals surface area contributed by atoms with Gasteiger partial charge in [-0.1, -0.05) is 5.21 Å². The Labute approximate surface area is 138 Å². The van der Waals surface area contributed by atoms with Crippen LogP contribution < -0.4 is 0 Å². The van der Waals surface area contributed by atoms with E-state index in [2.05, 4.69) is 10.3 Å². The van der Waals surface area contributed by atoms with Gasteiger partial charge >= 0.3 is 5.97 Å². The lowest BCUT2D eigenvalue weighted by Crippen LogP contribution is -2.07. The van der Waals surface area contributed by atoms with E-state index in [1.807, 2.05) is 0 Å². The SMILES string of the molecule is O=C(O)c1ccc(F)c(-c2c(F)cc(Cn3ccnn3)cc2F)c1F. The van der Waals surface area contributed by atoms with E-state index in [0.29, 0.717) is 12.1 Å². The van der Waals surface area contributed by atoms with Crippen molar-refractivity contribution in [3.63, 3.8) is 0 Å². The lowest BCUT2D eigenvalue weighted by molar-refractivity contribution is 0.0692. The van der Waals surface area contributed by atoms with Crippen LogP contribution >= 0.6 is 0 Å². The minimum absolute atomic E-state index is 0.00570. The first kappa shape index (κ1) is 16.6. The minimum atomic E-state index is -1.68. The molecular formula is C16H9F4N3O2. The summed E-state index contributed by atoms with van der Waals surface area (Å²) in [4.78, 5) is 11.0. The average Bonchev–Trinajstić information content (AvgIpc) is 3.02. The van der Waals surface area contributed by atoms with E-state index in [0.717, 1.165) is 12.1 Å². The van der Waals surface area contributed by atoms with Crippen LogP contribution in [0.2, 0.25) is 0 Å². The highest BCUT2D eigenvalue weighted by Crippen LogP contribution is 2.33. The number of aromatic nitrogens is 3. The number of nitrogens with zero attached hydrogens (tertiary/aromatic N) is 3. The summed E-state index contributed by atoms with van der Waals surface area (Å²) in [6.07, 6.45) is 2.85. The summed E-state index contributed by atoms with van der Waals surface area (Å²) in [5.41, 5.74) is -2.77. The summed E-state index contributed by atoms with van der Waals surface area (Å²) in [6, 6.07) is 3.12. The van der Waals surface area contributed by atoms with Gasteiger partial charge in [-0.05, 0) is 29.8 Å². The first-order chi connectivity index (χ1) is 11.9. The van der Waals surface area contributed by atoms with Crippen LogP contribution in [0, 0.1) is 23.3 Å². The zero-order chi connectivity index (χ0) is 18.1. The van der Waals surface area contributed by atoms with Crippen LogP contribution in [-0.4, -0.2) is 26.1 Å². The van der Waals surface area contributed by atoms with Crippen molar-refractivity contribution >= 4 is 5.97 Å². The number of carboxylic acids is 1. The zero-order valence-electron chi connectivity index (χ0n) is 12.4. The summed E-state index contributed by atoms with van der Waals surface area (Å²) in [5, 5.41) is 16.1. The quantitative estimate of drug-likeness (QED) is 0.733. The first-order valence-electron chi connectivity index (χ1n) is 6.92. The van der Waals surface area contributed by atoms with Crippen molar-refractivity contribution < 1.29 is 27.5 Å². The zero-order valence-corrected chi connectivity index (χ0v) is 12.4. The van der Waals surface area contributed by atoms with Crippen LogP contribution in [0.5, 0.6) is 0 Å². The Morgan fingerprint density at radius 2 is 1.72 bits per heavy atom. The maximum absolute atomic E-state index is 14.4. The summed E-state index contributed by atoms with van der Waals surface area (Å²) >= 11 is 0. The second-order valence-corrected chi connectivity index (χ2v) is 5.12. The third-order valence-corrected chi connectivity index (χ3v) is 3.49. The summed E-state index contributed by atoms with van der Waals surface area (Å²) in [5.74, 6) is -6.95. The molecule has 0 saturated heterocycles. The van der Waals surface area contributed by atoms with E-state index in [1.54, 1.807) is 0 Å². The van der Waals surface area contributed by atoms with Gasteiger partial charge in [-0.3, -0.25) is 0 Å². The summed E-state index contributed by atoms with van der Waals surface area (Å²) in [7, 11) is 0. The van der Waals surface area contributed by atoms with Crippen LogP contribution in [-0.2, 0) is 6.54 Å². The highest BCUT2D eigenvalue weighted by molar-refractivity contribution is 5.90. The second kappa shape index (κ2) is 6.34. The Morgan fingerprint density at radius 1 is 1.04 bits per heavy atom. The molecule has 9 heteroatoms. The molecule has 25 heavy (non-hydrogen) atoms. The molecule has 2 aromatic carbocycles. The number of hydrogen-bond acceptors (Lipinski definition) is 3. The maximum atomic E-state index is 14.4. The lowest BCUT2D eigenvalue weighted by Gasteiger charge is -2.11. The molecule has 1 N–H and O–H groups in total. The Balaban J connectivity index is 2.12. The molecule has 0 amide bonds. The molecule has 0 aliphatic carbocycles. The number of carboxylic acid groups (broad SMARTS) is 1. The molecule has 3 aromatic rings. The summed E-state index contributed by atoms with van der Waals surface area (Å²) < 4.78 is 58.2. The lowest BCUT2D eigenvalue weighted by atomic mass is 9.98. The molecule has 0 fully saturated rings. The van der Waals surface area contributed by atoms with Crippen molar-refractivity contribution in [2.45, 2.75) is 6.54 Å². The Kier molecular flexibility index (Phi) is 4.22. The number of benzene rings is 2. The van der Waals surface area contributed by atoms with Gasteiger partial charge in [0.25, 0.3) is 0 Å². The van der Waals surface area contributed by atoms with Crippen molar-refractivity contribution in [2.24, 2.45) is 0 Å². The molecular weight excluding hydrogens is 342 g/mol. The Morgan fingerprint density at radius 3 is 2.28 bits per heavy atom. The second-order valence-electron chi connectivity index (χ2n) is 5.12. The van der Waals surface area contributed by atoms with Crippen LogP contribution in [0.3, 0.4) is 0 Å². The van der Waals surface area contributed by atoms with Gasteiger partial charge in [-0.15, -0.1) is 5.10 Å². The molecule has 0 bridgehead atoms. The van der Waals surface area contributed by atoms with Crippen molar-refractivity contribution in [2.75, 3.05) is 0 Å². The Hall–Kier alpha value is -3.23. The molecule has 0 saturated carbocycles. The van der Waals surface area contributed by atoms with Crippen molar-refractivity contribution in [1.29, 1.82) is 0 Å². The van der Waals surface area contributed by atoms with Crippen LogP contribution in [0.4, 0.5) is 17.6 Å². The minimum Gasteiger partial charge on any atom is -0.478 e. The molecule has 1 heterocycles. The molecule has 5 nitrogen and oxygen atoms in total. The number of aromatic carboxylic acids is 1. The van der Waals surface area contributed by atoms with Crippen molar-refractivity contribution in [3.8, 4) is 11.1 Å². The van der Waals surface area contributed by atoms with Gasteiger partial charge in [0.2, 0.25) is 0 Å². The third kappa shape index (κ3) is 3.08. The third-order valence-electron chi connectivity index (χ3n) is 3.49. The topological polar surface area (TPSA) is 68.0 Å². The highest BCUT2D eigenvalue weighted by atomic mass is 19.1. The monoisotopic (exact) mass is 351 g/mol. The summed E-state index contributed by atoms with van der Waals surface area (Å²) in [6.45, 7) is -0.00570. The Bertz CT molecular complexity index is 935. The van der Waals surface area contributed by atoms with Gasteiger partial charge in [0.05, 0.1) is 29.4 Å². The first-order valence-corrected chi connectivity index (χ1v) is 6.92. The van der Waals surface area contributed by atoms with E-state index >= 15 is 0 Å². The van der Waals surface area contributed by atoms with Gasteiger partial charge in [0, 0.05) is 6.20 Å². The highest BCUT2D eigenvalue weighted by Gasteiger charge is 2.25. The van der Waals surface area contributed by atoms with Gasteiger partial charge in [0.15, 0.2) is 0 Å². The van der Waals surface area contributed by atoms with Crippen LogP contribution in [0.1, 0.15) is 15.9 Å². The number of hydrogen-bond donors (Lipinski definition) is 1. The number of rotatable bonds is 4. The van der Waals surface area contributed by atoms with E-state index in [9.17, 15) is 22.4 Å². The fourth-order valence-electron chi connectivity index (χ4n) is 2.41. The molecule has 0 aliphatic rings. The molecule has 0 radical (unpaired) electrons. The molecule has 0 unspecified atom stereocenters. The molecule has 0 atom stereocenters. The smallest absolute Gasteiger partial charge is 0.338 e. The molecule has 3 rings (SSSR count). The number of carbonyl (C=O) groups is 1. The average molecular weight is 351 g/mol. The molecule has 1 aromatic heterocycles.